The van der Waals surface area contributed by atoms with Gasteiger partial charge in [-0.15, -0.1) is 0 Å². The molecule has 1 N–H and O–H groups in total. The van der Waals surface area contributed by atoms with E-state index in [2.05, 4.69) is 5.32 Å². The van der Waals surface area contributed by atoms with Crippen LogP contribution in [-0.4, -0.2) is 57.4 Å². The van der Waals surface area contributed by atoms with Crippen LogP contribution in [0.3, 0.4) is 0 Å². The fourth-order valence-electron chi connectivity index (χ4n) is 5.32. The molecule has 32 heavy (non-hydrogen) atoms. The Kier molecular flexibility index (Phi) is 6.98. The second kappa shape index (κ2) is 9.43. The number of nitrogens with one attached hydrogen (secondary N) is 1. The van der Waals surface area contributed by atoms with E-state index in [1.165, 1.54) is 6.07 Å². The molecule has 4 rings (SSSR count). The standard InChI is InChI=1S/C23H31F3N2O3S/c1-2-32(30)22(9-5-20(14-22)27-19-7-11-31-12-8-19)21(29)28-10-6-16-3-4-18(23(24,25)26)13-17(16)15-28/h3-4,13,19-20,27H,2,5-12,14-15H2,1H3/t20-,22-,32?/m1/s1. The highest BCUT2D eigenvalue weighted by Crippen LogP contribution is 2.39. The van der Waals surface area contributed by atoms with Crippen molar-refractivity contribution in [1.29, 1.82) is 0 Å². The van der Waals surface area contributed by atoms with Gasteiger partial charge in [-0.3, -0.25) is 9.00 Å². The van der Waals surface area contributed by atoms with E-state index in [1.807, 2.05) is 6.92 Å². The molecule has 0 aromatic heterocycles. The molecule has 1 aliphatic carbocycles. The van der Waals surface area contributed by atoms with Crippen LogP contribution < -0.4 is 5.32 Å². The molecule has 1 aromatic carbocycles. The van der Waals surface area contributed by atoms with Crippen molar-refractivity contribution < 1.29 is 26.9 Å². The first-order valence-electron chi connectivity index (χ1n) is 11.4. The van der Waals surface area contributed by atoms with Crippen molar-refractivity contribution in [2.45, 2.75) is 75.0 Å². The summed E-state index contributed by atoms with van der Waals surface area (Å²) >= 11 is 0. The normalized spacial score (nSPS) is 27.9. The minimum atomic E-state index is -4.42. The Morgan fingerprint density at radius 3 is 2.66 bits per heavy atom. The number of ether oxygens (including phenoxy) is 1. The number of nitrogens with zero attached hydrogens (tertiary/aromatic N) is 1. The molecule has 0 bridgehead atoms. The third-order valence-corrected chi connectivity index (χ3v) is 9.03. The lowest BCUT2D eigenvalue weighted by Crippen LogP contribution is -2.53. The van der Waals surface area contributed by atoms with Gasteiger partial charge < -0.3 is 15.0 Å². The number of alkyl halides is 3. The maximum atomic E-state index is 13.7. The van der Waals surface area contributed by atoms with Gasteiger partial charge >= 0.3 is 6.18 Å². The summed E-state index contributed by atoms with van der Waals surface area (Å²) in [4.78, 5) is 15.3. The molecule has 3 aliphatic rings. The number of rotatable bonds is 5. The van der Waals surface area contributed by atoms with Gasteiger partial charge in [-0.2, -0.15) is 13.2 Å². The van der Waals surface area contributed by atoms with Crippen molar-refractivity contribution in [3.8, 4) is 0 Å². The summed E-state index contributed by atoms with van der Waals surface area (Å²) in [6.07, 6.45) is -0.220. The fourth-order valence-corrected chi connectivity index (χ4v) is 6.93. The SMILES string of the molecule is CCS(=O)[C@]1(C(=O)N2CCc3ccc(C(F)(F)F)cc3C2)CC[C@@H](NC2CCOCC2)C1. The molecular formula is C23H31F3N2O3S. The van der Waals surface area contributed by atoms with Gasteiger partial charge in [0.15, 0.2) is 0 Å². The lowest BCUT2D eigenvalue weighted by molar-refractivity contribution is -0.137. The molecule has 2 heterocycles. The number of halogens is 3. The number of hydrogen-bond donors (Lipinski definition) is 1. The number of carbonyl (C=O) groups is 1. The van der Waals surface area contributed by atoms with Gasteiger partial charge in [0.2, 0.25) is 5.91 Å². The van der Waals surface area contributed by atoms with Gasteiger partial charge in [0, 0.05) is 54.9 Å². The zero-order valence-electron chi connectivity index (χ0n) is 18.4. The minimum absolute atomic E-state index is 0.117. The van der Waals surface area contributed by atoms with E-state index in [1.54, 1.807) is 4.90 Å². The second-order valence-electron chi connectivity index (χ2n) is 9.08. The van der Waals surface area contributed by atoms with Crippen LogP contribution in [0.1, 0.15) is 55.7 Å². The van der Waals surface area contributed by atoms with E-state index < -0.39 is 27.3 Å². The summed E-state index contributed by atoms with van der Waals surface area (Å²) < 4.78 is 57.1. The van der Waals surface area contributed by atoms with Crippen molar-refractivity contribution in [3.63, 3.8) is 0 Å². The Labute approximate surface area is 189 Å². The first-order valence-corrected chi connectivity index (χ1v) is 12.8. The summed E-state index contributed by atoms with van der Waals surface area (Å²) in [7, 11) is -1.33. The van der Waals surface area contributed by atoms with Gasteiger partial charge in [-0.05, 0) is 61.8 Å². The molecular weight excluding hydrogens is 441 g/mol. The van der Waals surface area contributed by atoms with E-state index in [0.717, 1.165) is 50.2 Å². The number of carbonyl (C=O) groups excluding carboxylic acids is 1. The summed E-state index contributed by atoms with van der Waals surface area (Å²) in [5.41, 5.74) is 0.684. The molecule has 1 saturated carbocycles. The average Bonchev–Trinajstić information content (AvgIpc) is 3.22. The maximum absolute atomic E-state index is 13.7. The third-order valence-electron chi connectivity index (χ3n) is 7.09. The van der Waals surface area contributed by atoms with Crippen molar-refractivity contribution in [3.05, 3.63) is 34.9 Å². The summed E-state index contributed by atoms with van der Waals surface area (Å²) in [5, 5.41) is 3.64. The highest BCUT2D eigenvalue weighted by Gasteiger charge is 2.51. The van der Waals surface area contributed by atoms with E-state index in [4.69, 9.17) is 4.74 Å². The van der Waals surface area contributed by atoms with E-state index >= 15 is 0 Å². The van der Waals surface area contributed by atoms with Gasteiger partial charge in [0.25, 0.3) is 0 Å². The second-order valence-corrected chi connectivity index (χ2v) is 11.1. The van der Waals surface area contributed by atoms with Crippen LogP contribution in [0.15, 0.2) is 18.2 Å². The summed E-state index contributed by atoms with van der Waals surface area (Å²) in [5.74, 6) is 0.218. The maximum Gasteiger partial charge on any atom is 0.416 e. The van der Waals surface area contributed by atoms with Crippen LogP contribution in [0.5, 0.6) is 0 Å². The lowest BCUT2D eigenvalue weighted by atomic mass is 9.95. The fraction of sp³-hybridized carbons (Fsp3) is 0.696. The lowest BCUT2D eigenvalue weighted by Gasteiger charge is -2.37. The quantitative estimate of drug-likeness (QED) is 0.714. The average molecular weight is 473 g/mol. The van der Waals surface area contributed by atoms with Crippen molar-refractivity contribution in [2.24, 2.45) is 0 Å². The van der Waals surface area contributed by atoms with Crippen molar-refractivity contribution in [1.82, 2.24) is 10.2 Å². The molecule has 2 aliphatic heterocycles. The molecule has 2 fully saturated rings. The Balaban J connectivity index is 1.51. The molecule has 9 heteroatoms. The zero-order chi connectivity index (χ0) is 22.9. The summed E-state index contributed by atoms with van der Waals surface area (Å²) in [6, 6.07) is 4.24. The van der Waals surface area contributed by atoms with Crippen LogP contribution in [0.2, 0.25) is 0 Å². The molecule has 1 amide bonds. The van der Waals surface area contributed by atoms with Gasteiger partial charge in [0.1, 0.15) is 4.75 Å². The molecule has 1 saturated heterocycles. The van der Waals surface area contributed by atoms with Gasteiger partial charge in [-0.1, -0.05) is 13.0 Å². The van der Waals surface area contributed by atoms with Crippen LogP contribution >= 0.6 is 0 Å². The molecule has 1 unspecified atom stereocenters. The van der Waals surface area contributed by atoms with E-state index in [9.17, 15) is 22.2 Å². The van der Waals surface area contributed by atoms with Crippen LogP contribution in [0.4, 0.5) is 13.2 Å². The molecule has 3 atom stereocenters. The number of amides is 1. The Morgan fingerprint density at radius 1 is 1.22 bits per heavy atom. The molecule has 1 aromatic rings. The predicted octanol–water partition coefficient (Wildman–Crippen LogP) is 3.42. The minimum Gasteiger partial charge on any atom is -0.381 e. The van der Waals surface area contributed by atoms with Crippen LogP contribution in [0.25, 0.3) is 0 Å². The van der Waals surface area contributed by atoms with Crippen molar-refractivity contribution in [2.75, 3.05) is 25.5 Å². The number of hydrogen-bond acceptors (Lipinski definition) is 4. The topological polar surface area (TPSA) is 58.6 Å². The molecule has 0 radical (unpaired) electrons. The molecule has 178 valence electrons. The van der Waals surface area contributed by atoms with Gasteiger partial charge in [-0.25, -0.2) is 0 Å². The van der Waals surface area contributed by atoms with Gasteiger partial charge in [0.05, 0.1) is 5.56 Å². The van der Waals surface area contributed by atoms with Crippen LogP contribution in [0, 0.1) is 0 Å². The van der Waals surface area contributed by atoms with Crippen molar-refractivity contribution >= 4 is 16.7 Å². The number of fused-ring (bicyclic) bond motifs is 1. The highest BCUT2D eigenvalue weighted by molar-refractivity contribution is 7.87. The predicted molar refractivity (Wildman–Crippen MR) is 117 cm³/mol. The first-order chi connectivity index (χ1) is 15.2. The third kappa shape index (κ3) is 4.75. The van der Waals surface area contributed by atoms with Crippen LogP contribution in [-0.2, 0) is 39.5 Å². The zero-order valence-corrected chi connectivity index (χ0v) is 19.2. The number of benzene rings is 1. The van der Waals surface area contributed by atoms with E-state index in [0.29, 0.717) is 43.2 Å². The monoisotopic (exact) mass is 472 g/mol. The first kappa shape index (κ1) is 23.7. The highest BCUT2D eigenvalue weighted by atomic mass is 32.2. The molecule has 5 nitrogen and oxygen atoms in total. The Morgan fingerprint density at radius 2 is 1.97 bits per heavy atom. The largest absolute Gasteiger partial charge is 0.416 e. The Bertz CT molecular complexity index is 873. The smallest absolute Gasteiger partial charge is 0.381 e. The summed E-state index contributed by atoms with van der Waals surface area (Å²) in [6.45, 7) is 3.85. The van der Waals surface area contributed by atoms with E-state index in [-0.39, 0.29) is 18.5 Å². The molecule has 0 spiro atoms. The Hall–Kier alpha value is -1.45.